The van der Waals surface area contributed by atoms with Gasteiger partial charge in [-0.3, -0.25) is 10.1 Å². The van der Waals surface area contributed by atoms with E-state index < -0.39 is 4.92 Å². The maximum absolute atomic E-state index is 11.6. The number of nitrogens with one attached hydrogen (secondary N) is 1. The minimum absolute atomic E-state index is 0.243. The third-order valence-corrected chi connectivity index (χ3v) is 4.22. The van der Waals surface area contributed by atoms with Crippen LogP contribution in [-0.2, 0) is 6.42 Å². The molecule has 26 heavy (non-hydrogen) atoms. The number of hydrogen-bond acceptors (Lipinski definition) is 5. The van der Waals surface area contributed by atoms with Gasteiger partial charge in [-0.25, -0.2) is 0 Å². The number of rotatable bonds is 5. The molecule has 6 heteroatoms. The Balaban J connectivity index is 2.08. The number of aromatic hydroxyl groups is 1. The van der Waals surface area contributed by atoms with Crippen molar-refractivity contribution >= 4 is 22.7 Å². The molecule has 3 aromatic carbocycles. The van der Waals surface area contributed by atoms with Gasteiger partial charge in [-0.2, -0.15) is 0 Å². The number of para-hydroxylation sites is 1. The van der Waals surface area contributed by atoms with Gasteiger partial charge in [-0.05, 0) is 47.9 Å². The van der Waals surface area contributed by atoms with Gasteiger partial charge in [0.15, 0.2) is 0 Å². The molecule has 6 nitrogen and oxygen atoms in total. The second kappa shape index (κ2) is 7.14. The average Bonchev–Trinajstić information content (AvgIpc) is 2.63. The first-order valence-corrected chi connectivity index (χ1v) is 8.22. The van der Waals surface area contributed by atoms with E-state index in [1.54, 1.807) is 36.4 Å². The molecule has 3 rings (SSSR count). The van der Waals surface area contributed by atoms with E-state index in [0.29, 0.717) is 16.8 Å². The Labute approximate surface area is 151 Å². The predicted molar refractivity (Wildman–Crippen MR) is 104 cm³/mol. The fourth-order valence-corrected chi connectivity index (χ4v) is 2.86. The second-order valence-corrected chi connectivity index (χ2v) is 5.87. The van der Waals surface area contributed by atoms with Crippen LogP contribution in [0.4, 0.5) is 22.7 Å². The van der Waals surface area contributed by atoms with E-state index in [2.05, 4.69) is 5.32 Å². The summed E-state index contributed by atoms with van der Waals surface area (Å²) in [6.45, 7) is 2.01. The summed E-state index contributed by atoms with van der Waals surface area (Å²) in [7, 11) is 0. The normalized spacial score (nSPS) is 10.5. The quantitative estimate of drug-likeness (QED) is 0.347. The van der Waals surface area contributed by atoms with Crippen molar-refractivity contribution in [3.8, 4) is 16.9 Å². The zero-order valence-electron chi connectivity index (χ0n) is 14.3. The lowest BCUT2D eigenvalue weighted by Gasteiger charge is -2.13. The minimum Gasteiger partial charge on any atom is -0.502 e. The molecule has 0 unspecified atom stereocenters. The van der Waals surface area contributed by atoms with Gasteiger partial charge in [0.2, 0.25) is 5.75 Å². The SMILES string of the molecule is CCc1ccccc1Nc1ccc(-c2ccc(N)cc2)c(O)c1[N+](=O)[O-]. The van der Waals surface area contributed by atoms with Gasteiger partial charge in [-0.1, -0.05) is 37.3 Å². The summed E-state index contributed by atoms with van der Waals surface area (Å²) in [6.07, 6.45) is 0.784. The highest BCUT2D eigenvalue weighted by Gasteiger charge is 2.24. The highest BCUT2D eigenvalue weighted by atomic mass is 16.6. The van der Waals surface area contributed by atoms with Crippen molar-refractivity contribution in [3.63, 3.8) is 0 Å². The van der Waals surface area contributed by atoms with Crippen LogP contribution < -0.4 is 11.1 Å². The number of benzene rings is 3. The summed E-state index contributed by atoms with van der Waals surface area (Å²) < 4.78 is 0. The summed E-state index contributed by atoms with van der Waals surface area (Å²) in [5.74, 6) is -0.376. The van der Waals surface area contributed by atoms with Crippen LogP contribution >= 0.6 is 0 Å². The Morgan fingerprint density at radius 3 is 2.38 bits per heavy atom. The lowest BCUT2D eigenvalue weighted by atomic mass is 10.0. The number of nitro benzene ring substituents is 1. The Kier molecular flexibility index (Phi) is 4.75. The zero-order chi connectivity index (χ0) is 18.7. The van der Waals surface area contributed by atoms with Gasteiger partial charge in [0.1, 0.15) is 5.69 Å². The van der Waals surface area contributed by atoms with Crippen LogP contribution in [0.25, 0.3) is 11.1 Å². The monoisotopic (exact) mass is 349 g/mol. The Bertz CT molecular complexity index is 953. The Morgan fingerprint density at radius 1 is 1.04 bits per heavy atom. The van der Waals surface area contributed by atoms with E-state index in [-0.39, 0.29) is 17.1 Å². The number of nitrogen functional groups attached to an aromatic ring is 1. The van der Waals surface area contributed by atoms with Crippen LogP contribution in [0.1, 0.15) is 12.5 Å². The molecule has 4 N–H and O–H groups in total. The molecular formula is C20H19N3O3. The van der Waals surface area contributed by atoms with E-state index in [0.717, 1.165) is 17.7 Å². The van der Waals surface area contributed by atoms with Crippen LogP contribution in [-0.4, -0.2) is 10.0 Å². The van der Waals surface area contributed by atoms with Crippen molar-refractivity contribution < 1.29 is 10.0 Å². The topological polar surface area (TPSA) is 101 Å². The smallest absolute Gasteiger partial charge is 0.334 e. The van der Waals surface area contributed by atoms with Crippen molar-refractivity contribution in [2.75, 3.05) is 11.1 Å². The molecule has 0 bridgehead atoms. The number of anilines is 3. The predicted octanol–water partition coefficient (Wildman–Crippen LogP) is 4.86. The van der Waals surface area contributed by atoms with Crippen LogP contribution in [0, 0.1) is 10.1 Å². The van der Waals surface area contributed by atoms with E-state index >= 15 is 0 Å². The molecule has 0 aliphatic carbocycles. The number of hydrogen-bond donors (Lipinski definition) is 3. The second-order valence-electron chi connectivity index (χ2n) is 5.87. The molecule has 0 heterocycles. The first-order chi connectivity index (χ1) is 12.5. The van der Waals surface area contributed by atoms with E-state index in [9.17, 15) is 15.2 Å². The van der Waals surface area contributed by atoms with Gasteiger partial charge in [0.25, 0.3) is 0 Å². The van der Waals surface area contributed by atoms with Gasteiger partial charge in [0, 0.05) is 16.9 Å². The van der Waals surface area contributed by atoms with Crippen molar-refractivity contribution in [2.45, 2.75) is 13.3 Å². The molecule has 0 aromatic heterocycles. The average molecular weight is 349 g/mol. The number of nitrogens with two attached hydrogens (primary N) is 1. The molecule has 0 fully saturated rings. The molecule has 0 amide bonds. The molecule has 0 radical (unpaired) electrons. The Hall–Kier alpha value is -3.54. The number of nitrogens with zero attached hydrogens (tertiary/aromatic N) is 1. The molecule has 0 atom stereocenters. The fourth-order valence-electron chi connectivity index (χ4n) is 2.86. The number of nitro groups is 1. The van der Waals surface area contributed by atoms with Gasteiger partial charge < -0.3 is 16.2 Å². The molecule has 3 aromatic rings. The zero-order valence-corrected chi connectivity index (χ0v) is 14.3. The number of phenolic OH excluding ortho intramolecular Hbond substituents is 1. The summed E-state index contributed by atoms with van der Waals surface area (Å²) in [5.41, 5.74) is 8.99. The van der Waals surface area contributed by atoms with Gasteiger partial charge >= 0.3 is 5.69 Å². The molecule has 0 saturated heterocycles. The van der Waals surface area contributed by atoms with Crippen molar-refractivity contribution in [2.24, 2.45) is 0 Å². The van der Waals surface area contributed by atoms with Crippen LogP contribution in [0.3, 0.4) is 0 Å². The number of aryl methyl sites for hydroxylation is 1. The maximum atomic E-state index is 11.6. The van der Waals surface area contributed by atoms with Crippen molar-refractivity contribution in [3.05, 3.63) is 76.3 Å². The molecule has 0 aliphatic heterocycles. The standard InChI is InChI=1S/C20H19N3O3/c1-2-13-5-3-4-6-17(13)22-18-12-11-16(20(24)19(18)23(25)26)14-7-9-15(21)10-8-14/h3-12,22,24H,2,21H2,1H3. The van der Waals surface area contributed by atoms with Crippen LogP contribution in [0.5, 0.6) is 5.75 Å². The first-order valence-electron chi connectivity index (χ1n) is 8.22. The fraction of sp³-hybridized carbons (Fsp3) is 0.100. The van der Waals surface area contributed by atoms with Gasteiger partial charge in [-0.15, -0.1) is 0 Å². The molecule has 0 saturated carbocycles. The summed E-state index contributed by atoms with van der Waals surface area (Å²) in [5, 5.41) is 25.2. The lowest BCUT2D eigenvalue weighted by molar-refractivity contribution is -0.384. The highest BCUT2D eigenvalue weighted by Crippen LogP contribution is 2.43. The van der Waals surface area contributed by atoms with Crippen LogP contribution in [0.15, 0.2) is 60.7 Å². The third-order valence-electron chi connectivity index (χ3n) is 4.22. The summed E-state index contributed by atoms with van der Waals surface area (Å²) in [4.78, 5) is 11.0. The molecule has 132 valence electrons. The van der Waals surface area contributed by atoms with Gasteiger partial charge in [0.05, 0.1) is 4.92 Å². The van der Waals surface area contributed by atoms with E-state index in [1.807, 2.05) is 31.2 Å². The third kappa shape index (κ3) is 3.30. The van der Waals surface area contributed by atoms with E-state index in [4.69, 9.17) is 5.73 Å². The summed E-state index contributed by atoms with van der Waals surface area (Å²) in [6, 6.07) is 17.6. The summed E-state index contributed by atoms with van der Waals surface area (Å²) >= 11 is 0. The first kappa shape index (κ1) is 17.3. The maximum Gasteiger partial charge on any atom is 0.334 e. The van der Waals surface area contributed by atoms with Crippen LogP contribution in [0.2, 0.25) is 0 Å². The van der Waals surface area contributed by atoms with Crippen molar-refractivity contribution in [1.82, 2.24) is 0 Å². The largest absolute Gasteiger partial charge is 0.502 e. The molecule has 0 spiro atoms. The highest BCUT2D eigenvalue weighted by molar-refractivity contribution is 5.84. The Morgan fingerprint density at radius 2 is 1.73 bits per heavy atom. The lowest BCUT2D eigenvalue weighted by Crippen LogP contribution is -2.00. The molecular weight excluding hydrogens is 330 g/mol. The number of phenols is 1. The van der Waals surface area contributed by atoms with E-state index in [1.165, 1.54) is 0 Å². The minimum atomic E-state index is -0.576. The van der Waals surface area contributed by atoms with Crippen molar-refractivity contribution in [1.29, 1.82) is 0 Å². The molecule has 0 aliphatic rings.